The third-order valence-electron chi connectivity index (χ3n) is 3.23. The number of likely N-dealkylation sites (tertiary alicyclic amines) is 1. The molecule has 1 heterocycles. The van der Waals surface area contributed by atoms with Gasteiger partial charge >= 0.3 is 0 Å². The highest BCUT2D eigenvalue weighted by Gasteiger charge is 2.11. The number of nitrogens with zero attached hydrogens (tertiary/aromatic N) is 1. The van der Waals surface area contributed by atoms with E-state index in [1.54, 1.807) is 0 Å². The summed E-state index contributed by atoms with van der Waals surface area (Å²) in [5, 5.41) is 3.44. The van der Waals surface area contributed by atoms with Crippen molar-refractivity contribution in [3.05, 3.63) is 29.8 Å². The van der Waals surface area contributed by atoms with E-state index in [0.717, 1.165) is 13.1 Å². The first-order chi connectivity index (χ1) is 7.90. The summed E-state index contributed by atoms with van der Waals surface area (Å²) >= 11 is 0. The first-order valence-electron chi connectivity index (χ1n) is 6.44. The van der Waals surface area contributed by atoms with E-state index >= 15 is 0 Å². The lowest BCUT2D eigenvalue weighted by Crippen LogP contribution is -2.29. The van der Waals surface area contributed by atoms with Gasteiger partial charge in [-0.25, -0.2) is 0 Å². The monoisotopic (exact) mass is 218 g/mol. The van der Waals surface area contributed by atoms with E-state index in [4.69, 9.17) is 0 Å². The van der Waals surface area contributed by atoms with Gasteiger partial charge in [-0.3, -0.25) is 4.90 Å². The van der Waals surface area contributed by atoms with Crippen molar-refractivity contribution in [2.75, 3.05) is 25.0 Å². The van der Waals surface area contributed by atoms with Crippen LogP contribution < -0.4 is 5.32 Å². The minimum atomic E-state index is 0.997. The number of piperidine rings is 1. The zero-order valence-electron chi connectivity index (χ0n) is 10.2. The van der Waals surface area contributed by atoms with Crippen LogP contribution in [0.1, 0.15) is 31.7 Å². The molecule has 0 unspecified atom stereocenters. The fourth-order valence-electron chi connectivity index (χ4n) is 2.38. The number of anilines is 1. The van der Waals surface area contributed by atoms with Crippen LogP contribution >= 0.6 is 0 Å². The summed E-state index contributed by atoms with van der Waals surface area (Å²) < 4.78 is 0. The molecular formula is C14H22N2. The van der Waals surface area contributed by atoms with Gasteiger partial charge in [-0.1, -0.05) is 24.6 Å². The Morgan fingerprint density at radius 2 is 1.88 bits per heavy atom. The van der Waals surface area contributed by atoms with E-state index in [1.807, 2.05) is 0 Å². The third-order valence-corrected chi connectivity index (χ3v) is 3.23. The van der Waals surface area contributed by atoms with Crippen molar-refractivity contribution < 1.29 is 0 Å². The van der Waals surface area contributed by atoms with Gasteiger partial charge in [-0.05, 0) is 44.5 Å². The van der Waals surface area contributed by atoms with E-state index in [9.17, 15) is 0 Å². The van der Waals surface area contributed by atoms with Gasteiger partial charge < -0.3 is 5.32 Å². The summed E-state index contributed by atoms with van der Waals surface area (Å²) in [5.74, 6) is 0. The van der Waals surface area contributed by atoms with Crippen LogP contribution in [0.4, 0.5) is 5.69 Å². The number of benzene rings is 1. The fourth-order valence-corrected chi connectivity index (χ4v) is 2.38. The largest absolute Gasteiger partial charge is 0.385 e. The topological polar surface area (TPSA) is 15.3 Å². The highest BCUT2D eigenvalue weighted by Crippen LogP contribution is 2.19. The van der Waals surface area contributed by atoms with Crippen LogP contribution in [-0.2, 0) is 6.54 Å². The summed E-state index contributed by atoms with van der Waals surface area (Å²) in [7, 11) is 0. The predicted octanol–water partition coefficient (Wildman–Crippen LogP) is 3.10. The number of hydrogen-bond donors (Lipinski definition) is 1. The van der Waals surface area contributed by atoms with Gasteiger partial charge in [-0.15, -0.1) is 0 Å². The molecule has 0 atom stereocenters. The van der Waals surface area contributed by atoms with E-state index in [-0.39, 0.29) is 0 Å². The molecule has 0 aromatic heterocycles. The molecule has 16 heavy (non-hydrogen) atoms. The molecule has 2 nitrogen and oxygen atoms in total. The molecule has 2 heteroatoms. The van der Waals surface area contributed by atoms with Crippen molar-refractivity contribution in [2.45, 2.75) is 32.7 Å². The van der Waals surface area contributed by atoms with Gasteiger partial charge in [0.05, 0.1) is 0 Å². The Bertz CT molecular complexity index is 316. The number of hydrogen-bond acceptors (Lipinski definition) is 2. The van der Waals surface area contributed by atoms with Gasteiger partial charge in [0, 0.05) is 18.8 Å². The summed E-state index contributed by atoms with van der Waals surface area (Å²) in [6, 6.07) is 8.67. The average molecular weight is 218 g/mol. The molecule has 0 saturated carbocycles. The highest BCUT2D eigenvalue weighted by atomic mass is 15.1. The van der Waals surface area contributed by atoms with Crippen LogP contribution in [0.5, 0.6) is 0 Å². The molecule has 1 aliphatic rings. The summed E-state index contributed by atoms with van der Waals surface area (Å²) in [4.78, 5) is 2.57. The van der Waals surface area contributed by atoms with E-state index in [2.05, 4.69) is 41.4 Å². The zero-order chi connectivity index (χ0) is 11.2. The van der Waals surface area contributed by atoms with Gasteiger partial charge in [0.2, 0.25) is 0 Å². The Morgan fingerprint density at radius 3 is 2.62 bits per heavy atom. The third kappa shape index (κ3) is 2.99. The van der Waals surface area contributed by atoms with Crippen LogP contribution in [0.2, 0.25) is 0 Å². The first-order valence-corrected chi connectivity index (χ1v) is 6.44. The molecule has 1 aromatic rings. The minimum absolute atomic E-state index is 0.997. The molecule has 1 aliphatic heterocycles. The molecule has 1 aromatic carbocycles. The van der Waals surface area contributed by atoms with E-state index in [0.29, 0.717) is 0 Å². The standard InChI is InChI=1S/C14H22N2/c1-2-15-14-9-5-4-8-13(14)12-16-10-6-3-7-11-16/h4-5,8-9,15H,2-3,6-7,10-12H2,1H3. The lowest BCUT2D eigenvalue weighted by Gasteiger charge is -2.27. The smallest absolute Gasteiger partial charge is 0.0385 e. The van der Waals surface area contributed by atoms with Crippen LogP contribution in [0.15, 0.2) is 24.3 Å². The van der Waals surface area contributed by atoms with Crippen molar-refractivity contribution in [1.29, 1.82) is 0 Å². The maximum absolute atomic E-state index is 3.44. The molecule has 0 amide bonds. The van der Waals surface area contributed by atoms with E-state index < -0.39 is 0 Å². The lowest BCUT2D eigenvalue weighted by molar-refractivity contribution is 0.221. The average Bonchev–Trinajstić information content (AvgIpc) is 2.33. The molecule has 1 N–H and O–H groups in total. The van der Waals surface area contributed by atoms with Gasteiger partial charge in [0.1, 0.15) is 0 Å². The van der Waals surface area contributed by atoms with Gasteiger partial charge in [-0.2, -0.15) is 0 Å². The van der Waals surface area contributed by atoms with Crippen molar-refractivity contribution in [1.82, 2.24) is 4.90 Å². The molecule has 0 spiro atoms. The Labute approximate surface area is 98.7 Å². The second kappa shape index (κ2) is 5.90. The minimum Gasteiger partial charge on any atom is -0.385 e. The van der Waals surface area contributed by atoms with Crippen molar-refractivity contribution in [2.24, 2.45) is 0 Å². The van der Waals surface area contributed by atoms with Gasteiger partial charge in [0.25, 0.3) is 0 Å². The Hall–Kier alpha value is -1.02. The van der Waals surface area contributed by atoms with E-state index in [1.165, 1.54) is 43.6 Å². The van der Waals surface area contributed by atoms with Crippen molar-refractivity contribution in [3.8, 4) is 0 Å². The molecule has 0 radical (unpaired) electrons. The first kappa shape index (κ1) is 11.5. The summed E-state index contributed by atoms with van der Waals surface area (Å²) in [6.45, 7) is 6.78. The maximum atomic E-state index is 3.44. The van der Waals surface area contributed by atoms with Crippen LogP contribution in [0.25, 0.3) is 0 Å². The number of rotatable bonds is 4. The second-order valence-corrected chi connectivity index (χ2v) is 4.52. The van der Waals surface area contributed by atoms with Crippen LogP contribution in [0, 0.1) is 0 Å². The molecule has 88 valence electrons. The molecule has 1 saturated heterocycles. The maximum Gasteiger partial charge on any atom is 0.0385 e. The molecule has 0 aliphatic carbocycles. The van der Waals surface area contributed by atoms with Crippen molar-refractivity contribution >= 4 is 5.69 Å². The van der Waals surface area contributed by atoms with Crippen molar-refractivity contribution in [3.63, 3.8) is 0 Å². The van der Waals surface area contributed by atoms with Crippen LogP contribution in [-0.4, -0.2) is 24.5 Å². The Balaban J connectivity index is 2.01. The zero-order valence-corrected chi connectivity index (χ0v) is 10.2. The SMILES string of the molecule is CCNc1ccccc1CN1CCCCC1. The molecule has 0 bridgehead atoms. The highest BCUT2D eigenvalue weighted by molar-refractivity contribution is 5.50. The molecule has 1 fully saturated rings. The number of nitrogens with one attached hydrogen (secondary N) is 1. The lowest BCUT2D eigenvalue weighted by atomic mass is 10.1. The quantitative estimate of drug-likeness (QED) is 0.835. The Morgan fingerprint density at radius 1 is 1.12 bits per heavy atom. The summed E-state index contributed by atoms with van der Waals surface area (Å²) in [5.41, 5.74) is 2.74. The molecule has 2 rings (SSSR count). The summed E-state index contributed by atoms with van der Waals surface area (Å²) in [6.07, 6.45) is 4.14. The van der Waals surface area contributed by atoms with Gasteiger partial charge in [0.15, 0.2) is 0 Å². The normalized spacial score (nSPS) is 17.3. The molecular weight excluding hydrogens is 196 g/mol. The Kier molecular flexibility index (Phi) is 4.23. The van der Waals surface area contributed by atoms with Crippen LogP contribution in [0.3, 0.4) is 0 Å². The fraction of sp³-hybridized carbons (Fsp3) is 0.571. The predicted molar refractivity (Wildman–Crippen MR) is 69.7 cm³/mol. The number of para-hydroxylation sites is 1. The second-order valence-electron chi connectivity index (χ2n) is 4.52.